The molecule has 0 saturated carbocycles. The first kappa shape index (κ1) is 12.0. The van der Waals surface area contributed by atoms with Crippen molar-refractivity contribution in [1.29, 1.82) is 0 Å². The van der Waals surface area contributed by atoms with E-state index in [1.54, 1.807) is 0 Å². The Hall–Kier alpha value is -1.11. The molecule has 0 aliphatic carbocycles. The summed E-state index contributed by atoms with van der Waals surface area (Å²) < 4.78 is 71.9. The van der Waals surface area contributed by atoms with Crippen molar-refractivity contribution < 1.29 is 26.2 Å². The zero-order valence-corrected chi connectivity index (χ0v) is 7.83. The molecule has 0 spiro atoms. The topological polar surface area (TPSA) is 17.1 Å². The van der Waals surface area contributed by atoms with Crippen molar-refractivity contribution in [2.45, 2.75) is 17.0 Å². The molecule has 0 bridgehead atoms. The first-order valence-electron chi connectivity index (χ1n) is 3.64. The van der Waals surface area contributed by atoms with Crippen molar-refractivity contribution in [2.24, 2.45) is 0 Å². The van der Waals surface area contributed by atoms with E-state index >= 15 is 0 Å². The molecule has 0 atom stereocenters. The molecular formula is C8H4F5OS+. The first-order valence-corrected chi connectivity index (χ1v) is 4.38. The molecule has 0 N–H and O–H groups in total. The molecule has 15 heavy (non-hydrogen) atoms. The number of hydrogen-bond acceptors (Lipinski definition) is 1. The van der Waals surface area contributed by atoms with Gasteiger partial charge in [0.25, 0.3) is 4.90 Å². The summed E-state index contributed by atoms with van der Waals surface area (Å²) in [6.45, 7) is 0. The maximum Gasteiger partial charge on any atom is 0.505 e. The van der Waals surface area contributed by atoms with Crippen LogP contribution < -0.4 is 0 Å². The van der Waals surface area contributed by atoms with Crippen LogP contribution in [0.3, 0.4) is 0 Å². The first-order chi connectivity index (χ1) is 6.80. The fraction of sp³-hybridized carbons (Fsp3) is 0.250. The lowest BCUT2D eigenvalue weighted by atomic mass is 10.1. The zero-order valence-electron chi connectivity index (χ0n) is 7.02. The molecule has 7 heteroatoms. The predicted octanol–water partition coefficient (Wildman–Crippen LogP) is 3.13. The third-order valence-corrected chi connectivity index (χ3v) is 2.21. The van der Waals surface area contributed by atoms with E-state index in [0.717, 1.165) is 12.1 Å². The van der Waals surface area contributed by atoms with E-state index in [0.29, 0.717) is 6.07 Å². The van der Waals surface area contributed by atoms with Crippen LogP contribution in [0.2, 0.25) is 0 Å². The summed E-state index contributed by atoms with van der Waals surface area (Å²) in [5, 5.41) is 0. The summed E-state index contributed by atoms with van der Waals surface area (Å²) in [6, 6.07) is 3.76. The lowest BCUT2D eigenvalue weighted by Gasteiger charge is -2.18. The summed E-state index contributed by atoms with van der Waals surface area (Å²) in [4.78, 5) is -0.625. The number of benzene rings is 1. The highest BCUT2D eigenvalue weighted by atomic mass is 32.1. The van der Waals surface area contributed by atoms with E-state index in [1.165, 1.54) is 6.07 Å². The molecule has 1 nitrogen and oxygen atoms in total. The molecule has 0 fully saturated rings. The SMILES string of the molecule is O=[S+]c1ccccc1C(F)(F)C(F)(F)F. The van der Waals surface area contributed by atoms with Crippen molar-refractivity contribution in [3.63, 3.8) is 0 Å². The second-order valence-electron chi connectivity index (χ2n) is 2.65. The Bertz CT molecular complexity index is 374. The minimum Gasteiger partial charge on any atom is -0.191 e. The van der Waals surface area contributed by atoms with Gasteiger partial charge in [-0.3, -0.25) is 0 Å². The molecule has 0 radical (unpaired) electrons. The van der Waals surface area contributed by atoms with E-state index in [2.05, 4.69) is 0 Å². The van der Waals surface area contributed by atoms with Gasteiger partial charge in [0.15, 0.2) is 0 Å². The van der Waals surface area contributed by atoms with Gasteiger partial charge in [-0.05, 0) is 6.07 Å². The highest BCUT2D eigenvalue weighted by molar-refractivity contribution is 7.65. The third-order valence-electron chi connectivity index (χ3n) is 1.67. The van der Waals surface area contributed by atoms with Crippen molar-refractivity contribution in [3.8, 4) is 0 Å². The standard InChI is InChI=1S/C8H4F5OS/c9-7(10,8(11,12)13)5-3-1-2-4-6(5)15-14/h1-4H/q+1. The van der Waals surface area contributed by atoms with Crippen LogP contribution >= 0.6 is 0 Å². The van der Waals surface area contributed by atoms with Crippen LogP contribution in [-0.2, 0) is 21.8 Å². The van der Waals surface area contributed by atoms with E-state index < -0.39 is 34.2 Å². The van der Waals surface area contributed by atoms with E-state index in [-0.39, 0.29) is 0 Å². The molecule has 0 saturated heterocycles. The molecule has 0 aromatic heterocycles. The normalized spacial score (nSPS) is 12.6. The van der Waals surface area contributed by atoms with Gasteiger partial charge >= 0.3 is 23.8 Å². The van der Waals surface area contributed by atoms with E-state index in [1.807, 2.05) is 0 Å². The molecular weight excluding hydrogens is 239 g/mol. The zero-order chi connectivity index (χ0) is 11.7. The van der Waals surface area contributed by atoms with Gasteiger partial charge in [-0.2, -0.15) is 22.0 Å². The van der Waals surface area contributed by atoms with Gasteiger partial charge in [-0.15, -0.1) is 0 Å². The van der Waals surface area contributed by atoms with Crippen molar-refractivity contribution in [3.05, 3.63) is 29.8 Å². The summed E-state index contributed by atoms with van der Waals surface area (Å²) in [5.41, 5.74) is -1.31. The van der Waals surface area contributed by atoms with Gasteiger partial charge < -0.3 is 0 Å². The average Bonchev–Trinajstić information content (AvgIpc) is 2.16. The summed E-state index contributed by atoms with van der Waals surface area (Å²) >= 11 is -0.392. The molecule has 82 valence electrons. The maximum absolute atomic E-state index is 12.8. The Labute approximate surface area is 85.4 Å². The van der Waals surface area contributed by atoms with Crippen molar-refractivity contribution >= 4 is 11.7 Å². The summed E-state index contributed by atoms with van der Waals surface area (Å²) in [5.74, 6) is -5.00. The molecule has 1 aromatic rings. The summed E-state index contributed by atoms with van der Waals surface area (Å²) in [6.07, 6.45) is -5.70. The van der Waals surface area contributed by atoms with Crippen LogP contribution in [0.25, 0.3) is 0 Å². The van der Waals surface area contributed by atoms with Gasteiger partial charge in [0.2, 0.25) is 0 Å². The Morgan fingerprint density at radius 1 is 1.00 bits per heavy atom. The predicted molar refractivity (Wildman–Crippen MR) is 42.7 cm³/mol. The molecule has 1 rings (SSSR count). The van der Waals surface area contributed by atoms with Crippen molar-refractivity contribution in [2.75, 3.05) is 0 Å². The highest BCUT2D eigenvalue weighted by Crippen LogP contribution is 2.44. The highest BCUT2D eigenvalue weighted by Gasteiger charge is 2.61. The van der Waals surface area contributed by atoms with Gasteiger partial charge in [-0.1, -0.05) is 12.1 Å². The second-order valence-corrected chi connectivity index (χ2v) is 3.26. The van der Waals surface area contributed by atoms with Crippen LogP contribution in [0, 0.1) is 0 Å². The van der Waals surface area contributed by atoms with E-state index in [9.17, 15) is 26.2 Å². The Kier molecular flexibility index (Phi) is 3.03. The number of hydrogen-bond donors (Lipinski definition) is 0. The number of alkyl halides is 5. The Morgan fingerprint density at radius 2 is 1.53 bits per heavy atom. The molecule has 0 aliphatic rings. The molecule has 1 aromatic carbocycles. The minimum absolute atomic E-state index is 0.392. The van der Waals surface area contributed by atoms with Crippen molar-refractivity contribution in [1.82, 2.24) is 0 Å². The van der Waals surface area contributed by atoms with Gasteiger partial charge in [0.05, 0.1) is 0 Å². The van der Waals surface area contributed by atoms with Crippen LogP contribution in [0.1, 0.15) is 5.56 Å². The molecule has 0 aliphatic heterocycles. The third kappa shape index (κ3) is 2.11. The van der Waals surface area contributed by atoms with Crippen LogP contribution in [0.4, 0.5) is 22.0 Å². The number of rotatable bonds is 2. The van der Waals surface area contributed by atoms with E-state index in [4.69, 9.17) is 0 Å². The number of halogens is 5. The van der Waals surface area contributed by atoms with Crippen LogP contribution in [-0.4, -0.2) is 6.18 Å². The fourth-order valence-electron chi connectivity index (χ4n) is 0.951. The fourth-order valence-corrected chi connectivity index (χ4v) is 1.37. The Balaban J connectivity index is 3.32. The average molecular weight is 243 g/mol. The largest absolute Gasteiger partial charge is 0.505 e. The molecule has 0 unspecified atom stereocenters. The quantitative estimate of drug-likeness (QED) is 0.576. The van der Waals surface area contributed by atoms with Gasteiger partial charge in [0.1, 0.15) is 5.56 Å². The smallest absolute Gasteiger partial charge is 0.191 e. The van der Waals surface area contributed by atoms with Crippen LogP contribution in [0.15, 0.2) is 29.2 Å². The monoisotopic (exact) mass is 243 g/mol. The Morgan fingerprint density at radius 3 is 2.00 bits per heavy atom. The minimum atomic E-state index is -5.70. The lowest BCUT2D eigenvalue weighted by molar-refractivity contribution is -0.290. The van der Waals surface area contributed by atoms with Crippen LogP contribution in [0.5, 0.6) is 0 Å². The molecule has 0 amide bonds. The second kappa shape index (κ2) is 3.80. The van der Waals surface area contributed by atoms with Gasteiger partial charge in [-0.25, -0.2) is 0 Å². The lowest BCUT2D eigenvalue weighted by Crippen LogP contribution is -2.34. The molecule has 0 heterocycles. The summed E-state index contributed by atoms with van der Waals surface area (Å²) in [7, 11) is 0. The maximum atomic E-state index is 12.8. The van der Waals surface area contributed by atoms with Gasteiger partial charge in [0, 0.05) is 10.3 Å².